The molecule has 0 radical (unpaired) electrons. The minimum atomic E-state index is 0.164. The predicted molar refractivity (Wildman–Crippen MR) is 81.4 cm³/mol. The highest BCUT2D eigenvalue weighted by atomic mass is 16.5. The van der Waals surface area contributed by atoms with E-state index in [1.54, 1.807) is 6.07 Å². The summed E-state index contributed by atoms with van der Waals surface area (Å²) in [6, 6.07) is 3.76. The number of aromatic nitrogens is 2. The minimum absolute atomic E-state index is 0.164. The summed E-state index contributed by atoms with van der Waals surface area (Å²) in [5.41, 5.74) is 0. The Labute approximate surface area is 127 Å². The molecule has 21 heavy (non-hydrogen) atoms. The molecule has 0 aliphatic rings. The molecule has 0 fully saturated rings. The molecule has 0 saturated heterocycles. The van der Waals surface area contributed by atoms with Gasteiger partial charge in [-0.3, -0.25) is 0 Å². The van der Waals surface area contributed by atoms with E-state index in [0.717, 1.165) is 38.5 Å². The molecular weight excluding hydrogens is 266 g/mol. The van der Waals surface area contributed by atoms with E-state index in [-0.39, 0.29) is 6.42 Å². The quantitative estimate of drug-likeness (QED) is 0.582. The van der Waals surface area contributed by atoms with E-state index in [1.807, 2.05) is 0 Å². The van der Waals surface area contributed by atoms with Crippen LogP contribution in [0.2, 0.25) is 0 Å². The molecular formula is C16H25N3O2. The number of nitrogens with zero attached hydrogens (tertiary/aromatic N) is 3. The summed E-state index contributed by atoms with van der Waals surface area (Å²) in [6.45, 7) is 5.56. The average molecular weight is 291 g/mol. The Kier molecular flexibility index (Phi) is 8.94. The first-order valence-electron chi connectivity index (χ1n) is 7.80. The number of unbranched alkanes of at least 4 members (excludes halogenated alkanes) is 4. The highest BCUT2D eigenvalue weighted by molar-refractivity contribution is 5.22. The maximum atomic E-state index is 8.78. The third-order valence-electron chi connectivity index (χ3n) is 2.96. The van der Waals surface area contributed by atoms with Crippen molar-refractivity contribution < 1.29 is 9.47 Å². The molecule has 5 nitrogen and oxygen atoms in total. The van der Waals surface area contributed by atoms with Crippen molar-refractivity contribution in [1.82, 2.24) is 9.97 Å². The van der Waals surface area contributed by atoms with Crippen molar-refractivity contribution in [1.29, 1.82) is 5.26 Å². The normalized spacial score (nSPS) is 10.1. The molecule has 0 atom stereocenters. The van der Waals surface area contributed by atoms with E-state index in [1.165, 1.54) is 0 Å². The molecule has 1 aromatic heterocycles. The van der Waals surface area contributed by atoms with E-state index in [9.17, 15) is 0 Å². The Morgan fingerprint density at radius 3 is 1.90 bits per heavy atom. The molecule has 0 aliphatic heterocycles. The second-order valence-corrected chi connectivity index (χ2v) is 4.91. The molecule has 1 aromatic rings. The van der Waals surface area contributed by atoms with Crippen LogP contribution in [0.3, 0.4) is 0 Å². The van der Waals surface area contributed by atoms with Crippen LogP contribution in [-0.4, -0.2) is 23.2 Å². The monoisotopic (exact) mass is 291 g/mol. The van der Waals surface area contributed by atoms with Gasteiger partial charge in [-0.15, -0.1) is 0 Å². The Morgan fingerprint density at radius 2 is 1.48 bits per heavy atom. The first-order chi connectivity index (χ1) is 10.3. The Morgan fingerprint density at radius 1 is 0.952 bits per heavy atom. The van der Waals surface area contributed by atoms with Crippen LogP contribution in [0.4, 0.5) is 0 Å². The molecule has 0 saturated carbocycles. The zero-order chi connectivity index (χ0) is 15.3. The standard InChI is InChI=1S/C16H25N3O2/c1-3-5-7-11-20-15-13-16(21-12-8-6-4-2)19-14(18-15)9-10-17/h13H,3-9,11-12H2,1-2H3. The lowest BCUT2D eigenvalue weighted by atomic mass is 10.3. The van der Waals surface area contributed by atoms with Crippen molar-refractivity contribution in [2.75, 3.05) is 13.2 Å². The van der Waals surface area contributed by atoms with E-state index < -0.39 is 0 Å². The van der Waals surface area contributed by atoms with E-state index in [0.29, 0.717) is 30.8 Å². The SMILES string of the molecule is CCCCCOc1cc(OCCCCC)nc(CC#N)n1. The highest BCUT2D eigenvalue weighted by Gasteiger charge is 2.07. The number of hydrogen-bond acceptors (Lipinski definition) is 5. The molecule has 0 spiro atoms. The third-order valence-corrected chi connectivity index (χ3v) is 2.96. The summed E-state index contributed by atoms with van der Waals surface area (Å²) in [6.07, 6.45) is 6.74. The molecule has 116 valence electrons. The molecule has 0 bridgehead atoms. The van der Waals surface area contributed by atoms with Crippen LogP contribution in [0, 0.1) is 11.3 Å². The van der Waals surface area contributed by atoms with E-state index in [4.69, 9.17) is 14.7 Å². The van der Waals surface area contributed by atoms with Crippen molar-refractivity contribution in [2.45, 2.75) is 58.8 Å². The van der Waals surface area contributed by atoms with Crippen molar-refractivity contribution in [3.05, 3.63) is 11.9 Å². The second kappa shape index (κ2) is 10.9. The van der Waals surface area contributed by atoms with Crippen molar-refractivity contribution in [3.8, 4) is 17.8 Å². The lowest BCUT2D eigenvalue weighted by Gasteiger charge is -2.09. The van der Waals surface area contributed by atoms with Crippen molar-refractivity contribution in [3.63, 3.8) is 0 Å². The molecule has 0 aromatic carbocycles. The van der Waals surface area contributed by atoms with Crippen LogP contribution in [0.25, 0.3) is 0 Å². The maximum absolute atomic E-state index is 8.78. The average Bonchev–Trinajstić information content (AvgIpc) is 2.48. The summed E-state index contributed by atoms with van der Waals surface area (Å²) in [5.74, 6) is 1.45. The summed E-state index contributed by atoms with van der Waals surface area (Å²) < 4.78 is 11.2. The first-order valence-corrected chi connectivity index (χ1v) is 7.80. The fourth-order valence-electron chi connectivity index (χ4n) is 1.80. The molecule has 0 amide bonds. The van der Waals surface area contributed by atoms with Crippen LogP contribution in [0.5, 0.6) is 11.8 Å². The van der Waals surface area contributed by atoms with Gasteiger partial charge >= 0.3 is 0 Å². The van der Waals surface area contributed by atoms with Crippen LogP contribution < -0.4 is 9.47 Å². The van der Waals surface area contributed by atoms with E-state index >= 15 is 0 Å². The van der Waals surface area contributed by atoms with Gasteiger partial charge in [0.1, 0.15) is 5.82 Å². The zero-order valence-corrected chi connectivity index (χ0v) is 13.1. The summed E-state index contributed by atoms with van der Waals surface area (Å²) in [7, 11) is 0. The molecule has 0 aliphatic carbocycles. The van der Waals surface area contributed by atoms with Gasteiger partial charge in [0.2, 0.25) is 11.8 Å². The Balaban J connectivity index is 2.59. The Bertz CT molecular complexity index is 413. The van der Waals surface area contributed by atoms with Crippen LogP contribution in [0.1, 0.15) is 58.2 Å². The van der Waals surface area contributed by atoms with Crippen molar-refractivity contribution in [2.24, 2.45) is 0 Å². The van der Waals surface area contributed by atoms with E-state index in [2.05, 4.69) is 29.9 Å². The third kappa shape index (κ3) is 7.50. The van der Waals surface area contributed by atoms with Gasteiger partial charge in [-0.25, -0.2) is 0 Å². The zero-order valence-electron chi connectivity index (χ0n) is 13.1. The van der Waals surface area contributed by atoms with Crippen LogP contribution in [0.15, 0.2) is 6.07 Å². The van der Waals surface area contributed by atoms with Gasteiger partial charge in [0.05, 0.1) is 31.8 Å². The molecule has 0 unspecified atom stereocenters. The Hall–Kier alpha value is -1.83. The molecule has 0 N–H and O–H groups in total. The van der Waals surface area contributed by atoms with Crippen LogP contribution in [-0.2, 0) is 6.42 Å². The van der Waals surface area contributed by atoms with Gasteiger partial charge in [0.25, 0.3) is 0 Å². The highest BCUT2D eigenvalue weighted by Crippen LogP contribution is 2.17. The second-order valence-electron chi connectivity index (χ2n) is 4.91. The topological polar surface area (TPSA) is 68.0 Å². The summed E-state index contributed by atoms with van der Waals surface area (Å²) in [4.78, 5) is 8.46. The lowest BCUT2D eigenvalue weighted by molar-refractivity contribution is 0.274. The largest absolute Gasteiger partial charge is 0.477 e. The fraction of sp³-hybridized carbons (Fsp3) is 0.688. The van der Waals surface area contributed by atoms with Gasteiger partial charge in [-0.2, -0.15) is 15.2 Å². The first kappa shape index (κ1) is 17.2. The smallest absolute Gasteiger partial charge is 0.220 e. The summed E-state index contributed by atoms with van der Waals surface area (Å²) in [5, 5.41) is 8.78. The molecule has 1 heterocycles. The van der Waals surface area contributed by atoms with Gasteiger partial charge in [-0.05, 0) is 12.8 Å². The van der Waals surface area contributed by atoms with Gasteiger partial charge < -0.3 is 9.47 Å². The number of rotatable bonds is 11. The van der Waals surface area contributed by atoms with Crippen LogP contribution >= 0.6 is 0 Å². The number of ether oxygens (including phenoxy) is 2. The predicted octanol–water partition coefficient (Wildman–Crippen LogP) is 3.68. The van der Waals surface area contributed by atoms with Gasteiger partial charge in [0, 0.05) is 0 Å². The molecule has 5 heteroatoms. The van der Waals surface area contributed by atoms with Crippen molar-refractivity contribution >= 4 is 0 Å². The number of hydrogen-bond donors (Lipinski definition) is 0. The summed E-state index contributed by atoms with van der Waals surface area (Å²) >= 11 is 0. The molecule has 1 rings (SSSR count). The lowest BCUT2D eigenvalue weighted by Crippen LogP contribution is -2.06. The van der Waals surface area contributed by atoms with Gasteiger partial charge in [-0.1, -0.05) is 39.5 Å². The maximum Gasteiger partial charge on any atom is 0.220 e. The van der Waals surface area contributed by atoms with Gasteiger partial charge in [0.15, 0.2) is 0 Å². The fourth-order valence-corrected chi connectivity index (χ4v) is 1.80. The number of nitriles is 1. The minimum Gasteiger partial charge on any atom is -0.477 e.